The third kappa shape index (κ3) is 5.31. The van der Waals surface area contributed by atoms with Crippen molar-refractivity contribution < 1.29 is 27.5 Å². The molecule has 0 aromatic heterocycles. The summed E-state index contributed by atoms with van der Waals surface area (Å²) in [5, 5.41) is 2.88. The maximum atomic E-state index is 11.9. The van der Waals surface area contributed by atoms with Crippen LogP contribution in [-0.2, 0) is 14.3 Å². The number of halogens is 3. The Hall–Kier alpha value is -1.37. The molecule has 0 aromatic rings. The van der Waals surface area contributed by atoms with Crippen LogP contribution in [0.1, 0.15) is 20.8 Å². The zero-order valence-corrected chi connectivity index (χ0v) is 10.6. The summed E-state index contributed by atoms with van der Waals surface area (Å²) in [5.41, 5.74) is -0.0550. The molecule has 0 fully saturated rings. The van der Waals surface area contributed by atoms with Crippen LogP contribution in [0.3, 0.4) is 0 Å². The van der Waals surface area contributed by atoms with E-state index in [9.17, 15) is 22.8 Å². The van der Waals surface area contributed by atoms with E-state index in [1.54, 1.807) is 7.05 Å². The predicted molar refractivity (Wildman–Crippen MR) is 58.6 cm³/mol. The smallest absolute Gasteiger partial charge is 0.383 e. The van der Waals surface area contributed by atoms with Gasteiger partial charge in [-0.05, 0) is 19.9 Å². The Bertz CT molecular complexity index is 348. The zero-order chi connectivity index (χ0) is 14.5. The maximum Gasteiger partial charge on any atom is 0.491 e. The molecule has 0 amide bonds. The van der Waals surface area contributed by atoms with Gasteiger partial charge in [-0.2, -0.15) is 13.2 Å². The van der Waals surface area contributed by atoms with Gasteiger partial charge in [-0.1, -0.05) is 19.9 Å². The van der Waals surface area contributed by atoms with Crippen molar-refractivity contribution in [3.05, 3.63) is 11.6 Å². The van der Waals surface area contributed by atoms with E-state index in [1.807, 2.05) is 13.8 Å². The molecule has 0 aliphatic heterocycles. The average molecular weight is 267 g/mol. The molecule has 1 atom stereocenters. The standard InChI is InChI=1S/C11H16F3NO3/c1-6(2)8(15-4)5-7(3)9(16)18-10(17)11(12,13)14/h5-6,8,15H,1-4H3/b7-5+/t8-/m1/s1. The Morgan fingerprint density at radius 3 is 2.11 bits per heavy atom. The molecule has 4 nitrogen and oxygen atoms in total. The number of rotatable bonds is 4. The Labute approximate surface area is 103 Å². The molecule has 0 saturated carbocycles. The average Bonchev–Trinajstić information content (AvgIpc) is 2.23. The molecule has 1 N–H and O–H groups in total. The normalized spacial score (nSPS) is 14.6. The van der Waals surface area contributed by atoms with Gasteiger partial charge in [-0.3, -0.25) is 0 Å². The highest BCUT2D eigenvalue weighted by Crippen LogP contribution is 2.17. The molecule has 0 spiro atoms. The van der Waals surface area contributed by atoms with Gasteiger partial charge in [0.1, 0.15) is 0 Å². The minimum Gasteiger partial charge on any atom is -0.383 e. The summed E-state index contributed by atoms with van der Waals surface area (Å²) in [6.45, 7) is 5.03. The van der Waals surface area contributed by atoms with Gasteiger partial charge < -0.3 is 10.1 Å². The fourth-order valence-electron chi connectivity index (χ4n) is 1.17. The van der Waals surface area contributed by atoms with Crippen LogP contribution in [0.15, 0.2) is 11.6 Å². The lowest BCUT2D eigenvalue weighted by Crippen LogP contribution is -2.31. The van der Waals surface area contributed by atoms with Crippen molar-refractivity contribution in [2.24, 2.45) is 5.92 Å². The van der Waals surface area contributed by atoms with Crippen LogP contribution in [0.5, 0.6) is 0 Å². The van der Waals surface area contributed by atoms with E-state index < -0.39 is 18.1 Å². The number of ether oxygens (including phenoxy) is 1. The van der Waals surface area contributed by atoms with Crippen LogP contribution < -0.4 is 5.32 Å². The number of carbonyl (C=O) groups is 2. The number of carbonyl (C=O) groups excluding carboxylic acids is 2. The highest BCUT2D eigenvalue weighted by Gasteiger charge is 2.42. The van der Waals surface area contributed by atoms with Crippen molar-refractivity contribution in [1.29, 1.82) is 0 Å². The highest BCUT2D eigenvalue weighted by atomic mass is 19.4. The molecule has 0 bridgehead atoms. The van der Waals surface area contributed by atoms with Crippen molar-refractivity contribution in [2.45, 2.75) is 33.0 Å². The lowest BCUT2D eigenvalue weighted by molar-refractivity contribution is -0.200. The van der Waals surface area contributed by atoms with E-state index in [4.69, 9.17) is 0 Å². The molecule has 0 aromatic carbocycles. The molecule has 7 heteroatoms. The van der Waals surface area contributed by atoms with Gasteiger partial charge in [0.25, 0.3) is 0 Å². The molecule has 0 unspecified atom stereocenters. The lowest BCUT2D eigenvalue weighted by atomic mass is 10.0. The van der Waals surface area contributed by atoms with Crippen LogP contribution in [0, 0.1) is 5.92 Å². The van der Waals surface area contributed by atoms with Crippen LogP contribution >= 0.6 is 0 Å². The maximum absolute atomic E-state index is 11.9. The molecule has 104 valence electrons. The van der Waals surface area contributed by atoms with E-state index >= 15 is 0 Å². The molecule has 0 rings (SSSR count). The highest BCUT2D eigenvalue weighted by molar-refractivity contribution is 5.97. The molecule has 0 heterocycles. The SMILES string of the molecule is CN[C@H](/C=C(\C)C(=O)OC(=O)C(F)(F)F)C(C)C. The molecule has 18 heavy (non-hydrogen) atoms. The molecular formula is C11H16F3NO3. The Kier molecular flexibility index (Phi) is 6.04. The van der Waals surface area contributed by atoms with Gasteiger partial charge in [0.15, 0.2) is 0 Å². The zero-order valence-electron chi connectivity index (χ0n) is 10.6. The quantitative estimate of drug-likeness (QED) is 0.479. The van der Waals surface area contributed by atoms with Crippen molar-refractivity contribution in [1.82, 2.24) is 5.32 Å². The van der Waals surface area contributed by atoms with E-state index in [0.717, 1.165) is 0 Å². The second-order valence-corrected chi connectivity index (χ2v) is 4.08. The first-order valence-corrected chi connectivity index (χ1v) is 5.28. The minimum absolute atomic E-state index is 0.0550. The third-order valence-electron chi connectivity index (χ3n) is 2.22. The van der Waals surface area contributed by atoms with Crippen molar-refractivity contribution in [3.8, 4) is 0 Å². The number of likely N-dealkylation sites (N-methyl/N-ethyl adjacent to an activating group) is 1. The van der Waals surface area contributed by atoms with Gasteiger partial charge in [0.05, 0.1) is 0 Å². The number of hydrogen-bond donors (Lipinski definition) is 1. The Morgan fingerprint density at radius 1 is 1.28 bits per heavy atom. The number of nitrogens with one attached hydrogen (secondary N) is 1. The summed E-state index contributed by atoms with van der Waals surface area (Å²) in [4.78, 5) is 21.7. The summed E-state index contributed by atoms with van der Waals surface area (Å²) in [7, 11) is 1.65. The summed E-state index contributed by atoms with van der Waals surface area (Å²) in [6.07, 6.45) is -3.74. The number of esters is 2. The monoisotopic (exact) mass is 267 g/mol. The fraction of sp³-hybridized carbons (Fsp3) is 0.636. The van der Waals surface area contributed by atoms with Crippen LogP contribution in [0.2, 0.25) is 0 Å². The second-order valence-electron chi connectivity index (χ2n) is 4.08. The van der Waals surface area contributed by atoms with Crippen LogP contribution in [0.4, 0.5) is 13.2 Å². The molecule has 0 radical (unpaired) electrons. The molecule has 0 aliphatic carbocycles. The van der Waals surface area contributed by atoms with Crippen LogP contribution in [-0.4, -0.2) is 31.2 Å². The van der Waals surface area contributed by atoms with Crippen molar-refractivity contribution >= 4 is 11.9 Å². The molecule has 0 saturated heterocycles. The van der Waals surface area contributed by atoms with Gasteiger partial charge in [-0.25, -0.2) is 9.59 Å². The summed E-state index contributed by atoms with van der Waals surface area (Å²) >= 11 is 0. The van der Waals surface area contributed by atoms with E-state index in [-0.39, 0.29) is 17.5 Å². The number of alkyl halides is 3. The second kappa shape index (κ2) is 6.53. The first-order chi connectivity index (χ1) is 8.09. The largest absolute Gasteiger partial charge is 0.491 e. The minimum atomic E-state index is -5.17. The predicted octanol–water partition coefficient (Wildman–Crippen LogP) is 1.81. The summed E-state index contributed by atoms with van der Waals surface area (Å²) in [6, 6.07) is -0.196. The summed E-state index contributed by atoms with van der Waals surface area (Å²) < 4.78 is 39.3. The van der Waals surface area contributed by atoms with E-state index in [1.165, 1.54) is 13.0 Å². The van der Waals surface area contributed by atoms with Gasteiger partial charge in [0.2, 0.25) is 0 Å². The number of hydrogen-bond acceptors (Lipinski definition) is 4. The Balaban J connectivity index is 4.70. The first kappa shape index (κ1) is 16.6. The van der Waals surface area contributed by atoms with E-state index in [0.29, 0.717) is 0 Å². The van der Waals surface area contributed by atoms with Crippen LogP contribution in [0.25, 0.3) is 0 Å². The fourth-order valence-corrected chi connectivity index (χ4v) is 1.17. The topological polar surface area (TPSA) is 55.4 Å². The van der Waals surface area contributed by atoms with E-state index in [2.05, 4.69) is 10.1 Å². The van der Waals surface area contributed by atoms with Gasteiger partial charge >= 0.3 is 18.1 Å². The van der Waals surface area contributed by atoms with Crippen molar-refractivity contribution in [2.75, 3.05) is 7.05 Å². The Morgan fingerprint density at radius 2 is 1.78 bits per heavy atom. The first-order valence-electron chi connectivity index (χ1n) is 5.28. The summed E-state index contributed by atoms with van der Waals surface area (Å²) in [5.74, 6) is -3.67. The molecule has 0 aliphatic rings. The third-order valence-corrected chi connectivity index (χ3v) is 2.22. The van der Waals surface area contributed by atoms with Crippen molar-refractivity contribution in [3.63, 3.8) is 0 Å². The van der Waals surface area contributed by atoms with Gasteiger partial charge in [0, 0.05) is 11.6 Å². The lowest BCUT2D eigenvalue weighted by Gasteiger charge is -2.16. The molecular weight excluding hydrogens is 251 g/mol. The van der Waals surface area contributed by atoms with Gasteiger partial charge in [-0.15, -0.1) is 0 Å².